The van der Waals surface area contributed by atoms with E-state index in [2.05, 4.69) is 32.5 Å². The van der Waals surface area contributed by atoms with Gasteiger partial charge >= 0.3 is 0 Å². The van der Waals surface area contributed by atoms with Gasteiger partial charge in [0.05, 0.1) is 16.6 Å². The number of nitrogens with one attached hydrogen (secondary N) is 1. The van der Waals surface area contributed by atoms with Crippen molar-refractivity contribution in [1.82, 2.24) is 30.1 Å². The Morgan fingerprint density at radius 2 is 2.08 bits per heavy atom. The fourth-order valence-corrected chi connectivity index (χ4v) is 3.30. The van der Waals surface area contributed by atoms with Gasteiger partial charge in [0.1, 0.15) is 5.69 Å². The SMILES string of the molecule is CN1CCNCC1c1noc(-c2cn(C)nc2-c2ccccc2Cl)n1. The zero-order valence-corrected chi connectivity index (χ0v) is 14.9. The Hall–Kier alpha value is -2.22. The molecule has 1 unspecified atom stereocenters. The first-order chi connectivity index (χ1) is 12.1. The van der Waals surface area contributed by atoms with E-state index in [1.54, 1.807) is 4.68 Å². The van der Waals surface area contributed by atoms with Gasteiger partial charge in [-0.15, -0.1) is 0 Å². The number of likely N-dealkylation sites (N-methyl/N-ethyl adjacent to an activating group) is 1. The van der Waals surface area contributed by atoms with Crippen LogP contribution in [-0.2, 0) is 7.05 Å². The monoisotopic (exact) mass is 358 g/mol. The largest absolute Gasteiger partial charge is 0.334 e. The topological polar surface area (TPSA) is 72.0 Å². The summed E-state index contributed by atoms with van der Waals surface area (Å²) in [5.41, 5.74) is 2.36. The number of piperazine rings is 1. The van der Waals surface area contributed by atoms with E-state index in [1.165, 1.54) is 0 Å². The highest BCUT2D eigenvalue weighted by Gasteiger charge is 2.27. The quantitative estimate of drug-likeness (QED) is 0.775. The van der Waals surface area contributed by atoms with Crippen molar-refractivity contribution in [1.29, 1.82) is 0 Å². The highest BCUT2D eigenvalue weighted by atomic mass is 35.5. The maximum absolute atomic E-state index is 6.34. The number of hydrogen-bond acceptors (Lipinski definition) is 6. The first-order valence-electron chi connectivity index (χ1n) is 8.17. The van der Waals surface area contributed by atoms with Gasteiger partial charge < -0.3 is 9.84 Å². The summed E-state index contributed by atoms with van der Waals surface area (Å²) in [6.45, 7) is 2.73. The van der Waals surface area contributed by atoms with Crippen LogP contribution in [0.5, 0.6) is 0 Å². The van der Waals surface area contributed by atoms with Crippen LogP contribution in [-0.4, -0.2) is 51.5 Å². The van der Waals surface area contributed by atoms with Crippen molar-refractivity contribution < 1.29 is 4.52 Å². The van der Waals surface area contributed by atoms with Crippen LogP contribution in [0, 0.1) is 0 Å². The van der Waals surface area contributed by atoms with Crippen LogP contribution in [0.3, 0.4) is 0 Å². The first-order valence-corrected chi connectivity index (χ1v) is 8.55. The van der Waals surface area contributed by atoms with Crippen LogP contribution in [0.1, 0.15) is 11.9 Å². The number of halogens is 1. The highest BCUT2D eigenvalue weighted by Crippen LogP contribution is 2.34. The molecule has 25 heavy (non-hydrogen) atoms. The predicted octanol–water partition coefficient (Wildman–Crippen LogP) is 2.37. The molecule has 1 atom stereocenters. The average molecular weight is 359 g/mol. The van der Waals surface area contributed by atoms with Gasteiger partial charge in [0, 0.05) is 38.4 Å². The smallest absolute Gasteiger partial charge is 0.261 e. The molecule has 1 fully saturated rings. The van der Waals surface area contributed by atoms with Crippen LogP contribution < -0.4 is 5.32 Å². The van der Waals surface area contributed by atoms with Crippen LogP contribution >= 0.6 is 11.6 Å². The van der Waals surface area contributed by atoms with Crippen molar-refractivity contribution in [3.63, 3.8) is 0 Å². The number of aromatic nitrogens is 4. The van der Waals surface area contributed by atoms with Crippen molar-refractivity contribution in [3.8, 4) is 22.7 Å². The molecule has 1 aliphatic rings. The minimum Gasteiger partial charge on any atom is -0.334 e. The molecule has 2 aromatic heterocycles. The molecular formula is C17H19ClN6O. The predicted molar refractivity (Wildman–Crippen MR) is 95.2 cm³/mol. The Morgan fingerprint density at radius 1 is 1.24 bits per heavy atom. The second-order valence-corrected chi connectivity index (χ2v) is 6.61. The van der Waals surface area contributed by atoms with E-state index >= 15 is 0 Å². The molecule has 1 N–H and O–H groups in total. The van der Waals surface area contributed by atoms with Crippen molar-refractivity contribution in [2.75, 3.05) is 26.7 Å². The number of hydrogen-bond donors (Lipinski definition) is 1. The lowest BCUT2D eigenvalue weighted by Gasteiger charge is -2.30. The summed E-state index contributed by atoms with van der Waals surface area (Å²) in [5, 5.41) is 12.7. The van der Waals surface area contributed by atoms with Gasteiger partial charge in [-0.25, -0.2) is 0 Å². The Kier molecular flexibility index (Phi) is 4.29. The fraction of sp³-hybridized carbons (Fsp3) is 0.353. The standard InChI is InChI=1S/C17H19ClN6O/c1-23-8-7-19-9-14(23)16-20-17(25-22-16)12-10-24(2)21-15(12)11-5-3-4-6-13(11)18/h3-6,10,14,19H,7-9H2,1-2H3. The van der Waals surface area contributed by atoms with Crippen molar-refractivity contribution in [2.45, 2.75) is 6.04 Å². The summed E-state index contributed by atoms with van der Waals surface area (Å²) in [7, 11) is 3.93. The number of benzene rings is 1. The van der Waals surface area contributed by atoms with Gasteiger partial charge in [-0.3, -0.25) is 9.58 Å². The van der Waals surface area contributed by atoms with E-state index in [0.29, 0.717) is 16.7 Å². The van der Waals surface area contributed by atoms with Crippen molar-refractivity contribution in [2.24, 2.45) is 7.05 Å². The van der Waals surface area contributed by atoms with Crippen molar-refractivity contribution in [3.05, 3.63) is 41.3 Å². The Labute approximate surface area is 150 Å². The molecule has 1 aliphatic heterocycles. The summed E-state index contributed by atoms with van der Waals surface area (Å²) in [5.74, 6) is 1.13. The molecule has 130 valence electrons. The molecule has 0 spiro atoms. The highest BCUT2D eigenvalue weighted by molar-refractivity contribution is 6.33. The van der Waals surface area contributed by atoms with Crippen LogP contribution in [0.25, 0.3) is 22.7 Å². The minimum atomic E-state index is 0.103. The van der Waals surface area contributed by atoms with E-state index in [-0.39, 0.29) is 6.04 Å². The summed E-state index contributed by atoms with van der Waals surface area (Å²) in [4.78, 5) is 6.85. The summed E-state index contributed by atoms with van der Waals surface area (Å²) in [6.07, 6.45) is 1.87. The molecule has 0 bridgehead atoms. The average Bonchev–Trinajstić information content (AvgIpc) is 3.22. The molecule has 4 rings (SSSR count). The number of rotatable bonds is 3. The molecule has 8 heteroatoms. The van der Waals surface area contributed by atoms with E-state index in [9.17, 15) is 0 Å². The minimum absolute atomic E-state index is 0.103. The van der Waals surface area contributed by atoms with E-state index < -0.39 is 0 Å². The molecule has 3 aromatic rings. The van der Waals surface area contributed by atoms with Gasteiger partial charge in [-0.05, 0) is 13.1 Å². The Morgan fingerprint density at radius 3 is 2.88 bits per heavy atom. The summed E-state index contributed by atoms with van der Waals surface area (Å²) in [6, 6.07) is 7.71. The third-order valence-corrected chi connectivity index (χ3v) is 4.77. The molecule has 1 saturated heterocycles. The second-order valence-electron chi connectivity index (χ2n) is 6.20. The third-order valence-electron chi connectivity index (χ3n) is 4.44. The van der Waals surface area contributed by atoms with Gasteiger partial charge in [-0.2, -0.15) is 10.1 Å². The molecule has 0 aliphatic carbocycles. The molecular weight excluding hydrogens is 340 g/mol. The summed E-state index contributed by atoms with van der Waals surface area (Å²) < 4.78 is 7.28. The van der Waals surface area contributed by atoms with E-state index in [4.69, 9.17) is 16.1 Å². The fourth-order valence-electron chi connectivity index (χ4n) is 3.07. The van der Waals surface area contributed by atoms with Crippen LogP contribution in [0.4, 0.5) is 0 Å². The molecule has 0 radical (unpaired) electrons. The molecule has 0 saturated carbocycles. The second kappa shape index (κ2) is 6.59. The lowest BCUT2D eigenvalue weighted by molar-refractivity contribution is 0.190. The van der Waals surface area contributed by atoms with Gasteiger partial charge in [-0.1, -0.05) is 35.0 Å². The molecule has 7 nitrogen and oxygen atoms in total. The maximum atomic E-state index is 6.34. The first kappa shape index (κ1) is 16.3. The lowest BCUT2D eigenvalue weighted by Crippen LogP contribution is -2.44. The Bertz CT molecular complexity index is 889. The molecule has 0 amide bonds. The number of aryl methyl sites for hydroxylation is 1. The Balaban J connectivity index is 1.73. The van der Waals surface area contributed by atoms with Crippen LogP contribution in [0.15, 0.2) is 35.0 Å². The van der Waals surface area contributed by atoms with E-state index in [1.807, 2.05) is 37.5 Å². The number of nitrogens with zero attached hydrogens (tertiary/aromatic N) is 5. The van der Waals surface area contributed by atoms with Gasteiger partial charge in [0.2, 0.25) is 0 Å². The zero-order valence-electron chi connectivity index (χ0n) is 14.1. The summed E-state index contributed by atoms with van der Waals surface area (Å²) >= 11 is 6.34. The van der Waals surface area contributed by atoms with Gasteiger partial charge in [0.25, 0.3) is 5.89 Å². The molecule has 3 heterocycles. The van der Waals surface area contributed by atoms with Crippen molar-refractivity contribution >= 4 is 11.6 Å². The van der Waals surface area contributed by atoms with Gasteiger partial charge in [0.15, 0.2) is 5.82 Å². The normalized spacial score (nSPS) is 18.6. The zero-order chi connectivity index (χ0) is 17.4. The third kappa shape index (κ3) is 3.06. The van der Waals surface area contributed by atoms with E-state index in [0.717, 1.165) is 36.5 Å². The van der Waals surface area contributed by atoms with Crippen LogP contribution in [0.2, 0.25) is 5.02 Å². The maximum Gasteiger partial charge on any atom is 0.261 e. The lowest BCUT2D eigenvalue weighted by atomic mass is 10.1. The molecule has 1 aromatic carbocycles.